The smallest absolute Gasteiger partial charge is 0.227 e. The van der Waals surface area contributed by atoms with Gasteiger partial charge in [-0.15, -0.1) is 0 Å². The standard InChI is InChI=1S/C22H27FN2O/c1-22(2,3)18-8-10-19(11-9-18)24-12-14-25(15-13-24)21(26)16-17-6-4-5-7-20(17)23/h4-11H,12-16H2,1-3H3. The van der Waals surface area contributed by atoms with Crippen LogP contribution in [0.1, 0.15) is 31.9 Å². The number of nitrogens with zero attached hydrogens (tertiary/aromatic N) is 2. The van der Waals surface area contributed by atoms with Crippen LogP contribution in [0.5, 0.6) is 0 Å². The molecule has 0 spiro atoms. The molecule has 0 saturated carbocycles. The Hall–Kier alpha value is -2.36. The molecular formula is C22H27FN2O. The van der Waals surface area contributed by atoms with Gasteiger partial charge in [0.05, 0.1) is 6.42 Å². The minimum atomic E-state index is -0.307. The third-order valence-corrected chi connectivity index (χ3v) is 5.03. The van der Waals surface area contributed by atoms with Gasteiger partial charge in [-0.2, -0.15) is 0 Å². The van der Waals surface area contributed by atoms with E-state index in [2.05, 4.69) is 49.9 Å². The number of anilines is 1. The molecule has 0 bridgehead atoms. The molecule has 1 saturated heterocycles. The summed E-state index contributed by atoms with van der Waals surface area (Å²) in [5.41, 5.74) is 3.13. The van der Waals surface area contributed by atoms with E-state index in [1.807, 2.05) is 4.90 Å². The molecule has 2 aromatic carbocycles. The first-order valence-corrected chi connectivity index (χ1v) is 9.21. The Bertz CT molecular complexity index is 756. The molecule has 138 valence electrons. The number of amides is 1. The Morgan fingerprint density at radius 1 is 0.962 bits per heavy atom. The van der Waals surface area contributed by atoms with Crippen molar-refractivity contribution < 1.29 is 9.18 Å². The zero-order chi connectivity index (χ0) is 18.7. The van der Waals surface area contributed by atoms with E-state index in [0.29, 0.717) is 18.7 Å². The summed E-state index contributed by atoms with van der Waals surface area (Å²) in [7, 11) is 0. The quantitative estimate of drug-likeness (QED) is 0.831. The predicted molar refractivity (Wildman–Crippen MR) is 104 cm³/mol. The summed E-state index contributed by atoms with van der Waals surface area (Å²) in [5, 5.41) is 0. The molecule has 1 heterocycles. The fourth-order valence-electron chi connectivity index (χ4n) is 3.30. The minimum absolute atomic E-state index is 0.00201. The monoisotopic (exact) mass is 354 g/mol. The highest BCUT2D eigenvalue weighted by Crippen LogP contribution is 2.25. The number of benzene rings is 2. The van der Waals surface area contributed by atoms with Crippen LogP contribution in [-0.2, 0) is 16.6 Å². The fraction of sp³-hybridized carbons (Fsp3) is 0.409. The van der Waals surface area contributed by atoms with Gasteiger partial charge >= 0.3 is 0 Å². The zero-order valence-corrected chi connectivity index (χ0v) is 15.8. The average Bonchev–Trinajstić information content (AvgIpc) is 2.63. The van der Waals surface area contributed by atoms with Crippen LogP contribution >= 0.6 is 0 Å². The first kappa shape index (κ1) is 18.4. The van der Waals surface area contributed by atoms with Crippen LogP contribution < -0.4 is 4.90 Å². The first-order valence-electron chi connectivity index (χ1n) is 9.21. The highest BCUT2D eigenvalue weighted by Gasteiger charge is 2.22. The van der Waals surface area contributed by atoms with E-state index in [1.165, 1.54) is 17.3 Å². The molecule has 2 aromatic rings. The number of halogens is 1. The second-order valence-corrected chi connectivity index (χ2v) is 7.93. The number of piperazine rings is 1. The van der Waals surface area contributed by atoms with Crippen molar-refractivity contribution in [3.8, 4) is 0 Å². The molecule has 0 N–H and O–H groups in total. The molecular weight excluding hydrogens is 327 g/mol. The molecule has 0 radical (unpaired) electrons. The number of rotatable bonds is 3. The van der Waals surface area contributed by atoms with Crippen molar-refractivity contribution in [3.63, 3.8) is 0 Å². The normalized spacial score (nSPS) is 15.2. The molecule has 0 aromatic heterocycles. The lowest BCUT2D eigenvalue weighted by molar-refractivity contribution is -0.130. The maximum absolute atomic E-state index is 13.7. The third-order valence-electron chi connectivity index (χ3n) is 5.03. The highest BCUT2D eigenvalue weighted by molar-refractivity contribution is 5.79. The Morgan fingerprint density at radius 3 is 2.15 bits per heavy atom. The predicted octanol–water partition coefficient (Wildman–Crippen LogP) is 4.01. The summed E-state index contributed by atoms with van der Waals surface area (Å²) >= 11 is 0. The van der Waals surface area contributed by atoms with Gasteiger partial charge in [0, 0.05) is 31.9 Å². The Labute approximate surface area is 155 Å². The minimum Gasteiger partial charge on any atom is -0.368 e. The first-order chi connectivity index (χ1) is 12.3. The van der Waals surface area contributed by atoms with Gasteiger partial charge in [0.25, 0.3) is 0 Å². The summed E-state index contributed by atoms with van der Waals surface area (Å²) in [4.78, 5) is 16.6. The molecule has 1 aliphatic rings. The summed E-state index contributed by atoms with van der Waals surface area (Å²) in [6.07, 6.45) is 0.132. The van der Waals surface area contributed by atoms with Crippen LogP contribution in [0.25, 0.3) is 0 Å². The van der Waals surface area contributed by atoms with E-state index in [9.17, 15) is 9.18 Å². The number of carbonyl (C=O) groups is 1. The van der Waals surface area contributed by atoms with E-state index in [0.717, 1.165) is 13.1 Å². The van der Waals surface area contributed by atoms with Gasteiger partial charge in [-0.1, -0.05) is 51.1 Å². The SMILES string of the molecule is CC(C)(C)c1ccc(N2CCN(C(=O)Cc3ccccc3F)CC2)cc1. The molecule has 0 atom stereocenters. The molecule has 0 unspecified atom stereocenters. The molecule has 3 rings (SSSR count). The van der Waals surface area contributed by atoms with Crippen molar-refractivity contribution in [2.24, 2.45) is 0 Å². The molecule has 0 aliphatic carbocycles. The lowest BCUT2D eigenvalue weighted by atomic mass is 9.87. The Balaban J connectivity index is 1.57. The van der Waals surface area contributed by atoms with E-state index >= 15 is 0 Å². The molecule has 4 heteroatoms. The van der Waals surface area contributed by atoms with E-state index < -0.39 is 0 Å². The molecule has 3 nitrogen and oxygen atoms in total. The maximum atomic E-state index is 13.7. The average molecular weight is 354 g/mol. The fourth-order valence-corrected chi connectivity index (χ4v) is 3.30. The second kappa shape index (κ2) is 7.48. The van der Waals surface area contributed by atoms with Crippen LogP contribution in [0.15, 0.2) is 48.5 Å². The highest BCUT2D eigenvalue weighted by atomic mass is 19.1. The third kappa shape index (κ3) is 4.24. The maximum Gasteiger partial charge on any atom is 0.227 e. The van der Waals surface area contributed by atoms with E-state index in [4.69, 9.17) is 0 Å². The van der Waals surface area contributed by atoms with E-state index in [-0.39, 0.29) is 23.6 Å². The van der Waals surface area contributed by atoms with Crippen LogP contribution in [0.2, 0.25) is 0 Å². The van der Waals surface area contributed by atoms with Crippen molar-refractivity contribution in [2.75, 3.05) is 31.1 Å². The molecule has 1 fully saturated rings. The van der Waals surface area contributed by atoms with Gasteiger partial charge in [-0.3, -0.25) is 4.79 Å². The lowest BCUT2D eigenvalue weighted by Crippen LogP contribution is -2.49. The number of hydrogen-bond acceptors (Lipinski definition) is 2. The number of carbonyl (C=O) groups excluding carboxylic acids is 1. The van der Waals surface area contributed by atoms with Crippen molar-refractivity contribution >= 4 is 11.6 Å². The van der Waals surface area contributed by atoms with Crippen molar-refractivity contribution in [1.82, 2.24) is 4.90 Å². The Morgan fingerprint density at radius 2 is 1.58 bits per heavy atom. The summed E-state index contributed by atoms with van der Waals surface area (Å²) in [6, 6.07) is 15.2. The van der Waals surface area contributed by atoms with Gasteiger partial charge in [0.2, 0.25) is 5.91 Å². The van der Waals surface area contributed by atoms with Gasteiger partial charge in [0.1, 0.15) is 5.82 Å². The molecule has 26 heavy (non-hydrogen) atoms. The summed E-state index contributed by atoms with van der Waals surface area (Å²) in [6.45, 7) is 9.59. The molecule has 1 aliphatic heterocycles. The second-order valence-electron chi connectivity index (χ2n) is 7.93. The van der Waals surface area contributed by atoms with Gasteiger partial charge in [-0.05, 0) is 34.7 Å². The summed E-state index contributed by atoms with van der Waals surface area (Å²) in [5.74, 6) is -0.309. The largest absolute Gasteiger partial charge is 0.368 e. The van der Waals surface area contributed by atoms with Crippen LogP contribution in [0, 0.1) is 5.82 Å². The number of hydrogen-bond donors (Lipinski definition) is 0. The zero-order valence-electron chi connectivity index (χ0n) is 15.8. The van der Waals surface area contributed by atoms with Crippen LogP contribution in [-0.4, -0.2) is 37.0 Å². The van der Waals surface area contributed by atoms with Crippen LogP contribution in [0.3, 0.4) is 0 Å². The van der Waals surface area contributed by atoms with Gasteiger partial charge < -0.3 is 9.80 Å². The van der Waals surface area contributed by atoms with Gasteiger partial charge in [0.15, 0.2) is 0 Å². The summed E-state index contributed by atoms with van der Waals surface area (Å²) < 4.78 is 13.7. The topological polar surface area (TPSA) is 23.6 Å². The van der Waals surface area contributed by atoms with Crippen molar-refractivity contribution in [1.29, 1.82) is 0 Å². The van der Waals surface area contributed by atoms with Crippen LogP contribution in [0.4, 0.5) is 10.1 Å². The van der Waals surface area contributed by atoms with Gasteiger partial charge in [-0.25, -0.2) is 4.39 Å². The lowest BCUT2D eigenvalue weighted by Gasteiger charge is -2.36. The van der Waals surface area contributed by atoms with Crippen molar-refractivity contribution in [3.05, 3.63) is 65.5 Å². The van der Waals surface area contributed by atoms with Crippen molar-refractivity contribution in [2.45, 2.75) is 32.6 Å². The van der Waals surface area contributed by atoms with E-state index in [1.54, 1.807) is 18.2 Å². The molecule has 1 amide bonds. The Kier molecular flexibility index (Phi) is 5.30.